The number of carbonyl (C=O) groups excluding carboxylic acids is 1. The molecule has 0 saturated carbocycles. The highest BCUT2D eigenvalue weighted by molar-refractivity contribution is 5.92. The van der Waals surface area contributed by atoms with Gasteiger partial charge in [-0.05, 0) is 38.1 Å². The zero-order valence-corrected chi connectivity index (χ0v) is 13.3. The van der Waals surface area contributed by atoms with E-state index in [9.17, 15) is 9.90 Å². The van der Waals surface area contributed by atoms with Gasteiger partial charge in [-0.3, -0.25) is 0 Å². The van der Waals surface area contributed by atoms with Crippen LogP contribution in [0.3, 0.4) is 0 Å². The Morgan fingerprint density at radius 3 is 2.54 bits per heavy atom. The molecule has 0 bridgehead atoms. The van der Waals surface area contributed by atoms with Crippen LogP contribution in [0.25, 0.3) is 11.5 Å². The summed E-state index contributed by atoms with van der Waals surface area (Å²) in [5.41, 5.74) is 2.00. The molecule has 1 heterocycles. The second kappa shape index (κ2) is 6.54. The third-order valence-corrected chi connectivity index (χ3v) is 3.49. The molecule has 0 fully saturated rings. The molecule has 3 rings (SSSR count). The minimum Gasteiger partial charge on any atom is -0.507 e. The van der Waals surface area contributed by atoms with Gasteiger partial charge in [-0.15, -0.1) is 10.2 Å². The number of phenols is 1. The van der Waals surface area contributed by atoms with E-state index in [0.29, 0.717) is 5.89 Å². The molecule has 24 heavy (non-hydrogen) atoms. The van der Waals surface area contributed by atoms with Crippen molar-refractivity contribution in [3.05, 3.63) is 65.5 Å². The Morgan fingerprint density at radius 1 is 1.12 bits per heavy atom. The number of rotatable bonds is 4. The Balaban J connectivity index is 1.74. The first kappa shape index (κ1) is 15.7. The van der Waals surface area contributed by atoms with E-state index in [2.05, 4.69) is 10.2 Å². The molecule has 0 aliphatic carbocycles. The van der Waals surface area contributed by atoms with E-state index < -0.39 is 12.1 Å². The fourth-order valence-corrected chi connectivity index (χ4v) is 2.13. The van der Waals surface area contributed by atoms with Gasteiger partial charge in [0.15, 0.2) is 6.10 Å². The molecule has 0 spiro atoms. The van der Waals surface area contributed by atoms with E-state index in [0.717, 1.165) is 11.1 Å². The number of phenolic OH excluding ortho intramolecular Hbond substituents is 1. The van der Waals surface area contributed by atoms with Gasteiger partial charge in [0.2, 0.25) is 5.89 Å². The number of benzene rings is 2. The molecule has 0 radical (unpaired) electrons. The highest BCUT2D eigenvalue weighted by Crippen LogP contribution is 2.25. The van der Waals surface area contributed by atoms with Gasteiger partial charge in [-0.2, -0.15) is 0 Å². The van der Waals surface area contributed by atoms with Crippen molar-refractivity contribution in [1.82, 2.24) is 10.2 Å². The zero-order valence-electron chi connectivity index (χ0n) is 13.3. The van der Waals surface area contributed by atoms with Crippen LogP contribution < -0.4 is 0 Å². The number of esters is 1. The molecule has 122 valence electrons. The standard InChI is InChI=1S/C18H16N2O4/c1-11-7-9-13(10-8-11)17-20-19-16(24-17)12(2)23-18(22)14-5-3-4-6-15(14)21/h3-10,12,21H,1-2H3/t12-/m1/s1. The molecule has 0 aliphatic heterocycles. The van der Waals surface area contributed by atoms with Gasteiger partial charge in [-0.25, -0.2) is 4.79 Å². The van der Waals surface area contributed by atoms with Crippen LogP contribution in [0.15, 0.2) is 52.9 Å². The van der Waals surface area contributed by atoms with E-state index in [4.69, 9.17) is 9.15 Å². The number of carbonyl (C=O) groups is 1. The highest BCUT2D eigenvalue weighted by Gasteiger charge is 2.21. The minimum absolute atomic E-state index is 0.0858. The molecule has 0 amide bonds. The van der Waals surface area contributed by atoms with Gasteiger partial charge in [-0.1, -0.05) is 29.8 Å². The number of hydrogen-bond acceptors (Lipinski definition) is 6. The van der Waals surface area contributed by atoms with Crippen molar-refractivity contribution in [3.8, 4) is 17.2 Å². The second-order valence-corrected chi connectivity index (χ2v) is 5.38. The fourth-order valence-electron chi connectivity index (χ4n) is 2.13. The maximum absolute atomic E-state index is 12.1. The van der Waals surface area contributed by atoms with Crippen molar-refractivity contribution in [3.63, 3.8) is 0 Å². The van der Waals surface area contributed by atoms with Gasteiger partial charge in [0.1, 0.15) is 11.3 Å². The summed E-state index contributed by atoms with van der Waals surface area (Å²) >= 11 is 0. The van der Waals surface area contributed by atoms with Crippen molar-refractivity contribution in [2.24, 2.45) is 0 Å². The first-order valence-electron chi connectivity index (χ1n) is 7.44. The largest absolute Gasteiger partial charge is 0.507 e. The molecular weight excluding hydrogens is 308 g/mol. The maximum atomic E-state index is 12.1. The molecule has 3 aromatic rings. The lowest BCUT2D eigenvalue weighted by atomic mass is 10.1. The summed E-state index contributed by atoms with van der Waals surface area (Å²) < 4.78 is 10.9. The molecule has 1 atom stereocenters. The Morgan fingerprint density at radius 2 is 1.83 bits per heavy atom. The third-order valence-electron chi connectivity index (χ3n) is 3.49. The van der Waals surface area contributed by atoms with Crippen molar-refractivity contribution < 1.29 is 19.1 Å². The van der Waals surface area contributed by atoms with E-state index in [1.807, 2.05) is 31.2 Å². The van der Waals surface area contributed by atoms with Crippen LogP contribution in [0.4, 0.5) is 0 Å². The molecule has 1 aromatic heterocycles. The Kier molecular flexibility index (Phi) is 4.29. The summed E-state index contributed by atoms with van der Waals surface area (Å²) in [5.74, 6) is -0.249. The number of aryl methyl sites for hydroxylation is 1. The molecule has 6 nitrogen and oxygen atoms in total. The quantitative estimate of drug-likeness (QED) is 0.737. The predicted octanol–water partition coefficient (Wildman–Crippen LogP) is 3.67. The van der Waals surface area contributed by atoms with Crippen molar-refractivity contribution >= 4 is 5.97 Å². The van der Waals surface area contributed by atoms with Gasteiger partial charge < -0.3 is 14.3 Å². The predicted molar refractivity (Wildman–Crippen MR) is 86.4 cm³/mol. The number of nitrogens with zero attached hydrogens (tertiary/aromatic N) is 2. The monoisotopic (exact) mass is 324 g/mol. The molecule has 1 N–H and O–H groups in total. The summed E-state index contributed by atoms with van der Waals surface area (Å²) in [6.07, 6.45) is -0.733. The van der Waals surface area contributed by atoms with Crippen molar-refractivity contribution in [2.45, 2.75) is 20.0 Å². The molecule has 0 unspecified atom stereocenters. The SMILES string of the molecule is Cc1ccc(-c2nnc([C@@H](C)OC(=O)c3ccccc3O)o2)cc1. The number of ether oxygens (including phenoxy) is 1. The molecular formula is C18H16N2O4. The Labute approximate surface area is 138 Å². The normalized spacial score (nSPS) is 11.9. The average Bonchev–Trinajstić information content (AvgIpc) is 3.06. The molecule has 6 heteroatoms. The minimum atomic E-state index is -0.733. The van der Waals surface area contributed by atoms with Crippen LogP contribution in [-0.2, 0) is 4.74 Å². The lowest BCUT2D eigenvalue weighted by Gasteiger charge is -2.10. The van der Waals surface area contributed by atoms with Crippen molar-refractivity contribution in [2.75, 3.05) is 0 Å². The van der Waals surface area contributed by atoms with E-state index in [-0.39, 0.29) is 17.2 Å². The van der Waals surface area contributed by atoms with Crippen LogP contribution >= 0.6 is 0 Å². The topological polar surface area (TPSA) is 85.5 Å². The highest BCUT2D eigenvalue weighted by atomic mass is 16.6. The van der Waals surface area contributed by atoms with E-state index in [1.54, 1.807) is 19.1 Å². The lowest BCUT2D eigenvalue weighted by Crippen LogP contribution is -2.09. The lowest BCUT2D eigenvalue weighted by molar-refractivity contribution is 0.0277. The van der Waals surface area contributed by atoms with E-state index >= 15 is 0 Å². The van der Waals surface area contributed by atoms with Gasteiger partial charge >= 0.3 is 5.97 Å². The summed E-state index contributed by atoms with van der Waals surface area (Å²) in [4.78, 5) is 12.1. The van der Waals surface area contributed by atoms with Crippen LogP contribution in [-0.4, -0.2) is 21.3 Å². The average molecular weight is 324 g/mol. The number of aromatic hydroxyl groups is 1. The van der Waals surface area contributed by atoms with Crippen LogP contribution in [0, 0.1) is 6.92 Å². The summed E-state index contributed by atoms with van der Waals surface area (Å²) in [6, 6.07) is 13.8. The maximum Gasteiger partial charge on any atom is 0.342 e. The molecule has 0 saturated heterocycles. The summed E-state index contributed by atoms with van der Waals surface area (Å²) in [5, 5.41) is 17.6. The van der Waals surface area contributed by atoms with Crippen molar-refractivity contribution in [1.29, 1.82) is 0 Å². The zero-order chi connectivity index (χ0) is 17.1. The third kappa shape index (κ3) is 3.27. The second-order valence-electron chi connectivity index (χ2n) is 5.38. The molecule has 0 aliphatic rings. The number of aromatic nitrogens is 2. The smallest absolute Gasteiger partial charge is 0.342 e. The van der Waals surface area contributed by atoms with Gasteiger partial charge in [0.05, 0.1) is 0 Å². The van der Waals surface area contributed by atoms with Gasteiger partial charge in [0, 0.05) is 5.56 Å². The summed E-state index contributed by atoms with van der Waals surface area (Å²) in [6.45, 7) is 3.62. The fraction of sp³-hybridized carbons (Fsp3) is 0.167. The summed E-state index contributed by atoms with van der Waals surface area (Å²) in [7, 11) is 0. The molecule has 2 aromatic carbocycles. The van der Waals surface area contributed by atoms with E-state index in [1.165, 1.54) is 12.1 Å². The Bertz CT molecular complexity index is 855. The van der Waals surface area contributed by atoms with Gasteiger partial charge in [0.25, 0.3) is 5.89 Å². The Hall–Kier alpha value is -3.15. The number of hydrogen-bond donors (Lipinski definition) is 1. The number of para-hydroxylation sites is 1. The van der Waals surface area contributed by atoms with Crippen LogP contribution in [0.5, 0.6) is 5.75 Å². The first-order valence-corrected chi connectivity index (χ1v) is 7.44. The van der Waals surface area contributed by atoms with Crippen LogP contribution in [0.2, 0.25) is 0 Å². The van der Waals surface area contributed by atoms with Crippen LogP contribution in [0.1, 0.15) is 34.8 Å². The first-order chi connectivity index (χ1) is 11.5.